The van der Waals surface area contributed by atoms with E-state index >= 15 is 0 Å². The third-order valence-corrected chi connectivity index (χ3v) is 9.83. The van der Waals surface area contributed by atoms with Crippen molar-refractivity contribution in [3.05, 3.63) is 70.9 Å². The van der Waals surface area contributed by atoms with Crippen LogP contribution in [-0.4, -0.2) is 73.8 Å². The van der Waals surface area contributed by atoms with Crippen LogP contribution in [0.5, 0.6) is 5.75 Å². The van der Waals surface area contributed by atoms with Gasteiger partial charge in [-0.1, -0.05) is 23.4 Å². The van der Waals surface area contributed by atoms with Gasteiger partial charge in [0.25, 0.3) is 10.0 Å². The number of carbonyl (C=O) groups is 1. The first-order valence-electron chi connectivity index (χ1n) is 13.7. The molecule has 2 aliphatic heterocycles. The van der Waals surface area contributed by atoms with Gasteiger partial charge in [0.2, 0.25) is 0 Å². The highest BCUT2D eigenvalue weighted by molar-refractivity contribution is 7.89. The molecule has 0 saturated carbocycles. The second-order valence-electron chi connectivity index (χ2n) is 10.7. The SMILES string of the molecule is Cc1ccc([C@@H](CC(=O)O)c2cc(OC(F)F)c3c(c2)nnn3C)cc1CN1CC2=[N+](CCC2)c2ncccc2S1(=O)=O. The van der Waals surface area contributed by atoms with Crippen molar-refractivity contribution in [2.24, 2.45) is 7.05 Å². The Labute approximate surface area is 246 Å². The van der Waals surface area contributed by atoms with Crippen molar-refractivity contribution < 1.29 is 36.4 Å². The van der Waals surface area contributed by atoms with E-state index in [1.54, 1.807) is 43.6 Å². The molecule has 224 valence electrons. The summed E-state index contributed by atoms with van der Waals surface area (Å²) < 4.78 is 63.9. The minimum atomic E-state index is -3.91. The molecule has 0 spiro atoms. The number of fused-ring (bicyclic) bond motifs is 3. The zero-order valence-electron chi connectivity index (χ0n) is 23.4. The molecule has 1 N–H and O–H groups in total. The summed E-state index contributed by atoms with van der Waals surface area (Å²) in [5, 5.41) is 17.8. The Kier molecular flexibility index (Phi) is 7.42. The van der Waals surface area contributed by atoms with E-state index in [4.69, 9.17) is 4.74 Å². The Bertz CT molecular complexity index is 1890. The van der Waals surface area contributed by atoms with Gasteiger partial charge in [0.05, 0.1) is 25.2 Å². The number of aryl methyl sites for hydroxylation is 2. The number of aliphatic carboxylic acids is 1. The average Bonchev–Trinajstić information content (AvgIpc) is 3.56. The summed E-state index contributed by atoms with van der Waals surface area (Å²) >= 11 is 0. The molecule has 11 nitrogen and oxygen atoms in total. The standard InChI is InChI=1S/C29H28F2N6O5S/c1-17-7-8-18(22(14-26(38)39)19-12-23-27(35(2)34-33-23)24(13-19)42-29(30)31)11-20(17)15-36-16-21-5-4-10-37(21)28-25(43(36,40)41)6-3-9-32-28/h3,6-9,11-13,22,29H,4-5,10,14-16H2,1-2H3/p+1/t22-/m1/s1. The van der Waals surface area contributed by atoms with E-state index in [9.17, 15) is 27.1 Å². The number of halogens is 2. The minimum Gasteiger partial charge on any atom is -0.481 e. The van der Waals surface area contributed by atoms with E-state index in [-0.39, 0.29) is 41.2 Å². The van der Waals surface area contributed by atoms with Gasteiger partial charge in [-0.05, 0) is 64.8 Å². The number of aromatic nitrogens is 4. The maximum Gasteiger partial charge on any atom is 0.387 e. The maximum atomic E-state index is 13.9. The molecule has 1 atom stereocenters. The highest BCUT2D eigenvalue weighted by Crippen LogP contribution is 2.37. The van der Waals surface area contributed by atoms with Crippen LogP contribution >= 0.6 is 0 Å². The molecule has 2 aromatic heterocycles. The number of carboxylic acid groups (broad SMARTS) is 1. The lowest BCUT2D eigenvalue weighted by Crippen LogP contribution is -2.34. The Morgan fingerprint density at radius 1 is 1.19 bits per heavy atom. The summed E-state index contributed by atoms with van der Waals surface area (Å²) in [7, 11) is -2.37. The van der Waals surface area contributed by atoms with Gasteiger partial charge in [-0.3, -0.25) is 4.79 Å². The van der Waals surface area contributed by atoms with Gasteiger partial charge >= 0.3 is 18.4 Å². The predicted molar refractivity (Wildman–Crippen MR) is 151 cm³/mol. The highest BCUT2D eigenvalue weighted by Gasteiger charge is 2.40. The smallest absolute Gasteiger partial charge is 0.387 e. The fourth-order valence-corrected chi connectivity index (χ4v) is 7.49. The first-order chi connectivity index (χ1) is 20.5. The van der Waals surface area contributed by atoms with Crippen LogP contribution in [0.4, 0.5) is 14.6 Å². The van der Waals surface area contributed by atoms with Crippen molar-refractivity contribution in [3.8, 4) is 5.75 Å². The molecule has 0 bridgehead atoms. The van der Waals surface area contributed by atoms with Crippen LogP contribution in [0.15, 0.2) is 53.6 Å². The fraction of sp³-hybridized carbons (Fsp3) is 0.345. The molecule has 6 rings (SSSR count). The summed E-state index contributed by atoms with van der Waals surface area (Å²) in [4.78, 5) is 16.6. The van der Waals surface area contributed by atoms with Gasteiger partial charge in [-0.2, -0.15) is 13.1 Å². The zero-order chi connectivity index (χ0) is 30.5. The number of nitrogens with zero attached hydrogens (tertiary/aromatic N) is 6. The predicted octanol–water partition coefficient (Wildman–Crippen LogP) is 3.96. The van der Waals surface area contributed by atoms with E-state index in [1.165, 1.54) is 15.1 Å². The van der Waals surface area contributed by atoms with Crippen molar-refractivity contribution >= 4 is 38.6 Å². The molecule has 0 fully saturated rings. The van der Waals surface area contributed by atoms with E-state index in [0.29, 0.717) is 29.1 Å². The summed E-state index contributed by atoms with van der Waals surface area (Å²) in [6.07, 6.45) is 2.90. The van der Waals surface area contributed by atoms with Crippen LogP contribution in [0, 0.1) is 6.92 Å². The molecule has 14 heteroatoms. The second-order valence-corrected chi connectivity index (χ2v) is 12.6. The van der Waals surface area contributed by atoms with Crippen LogP contribution in [0.25, 0.3) is 11.0 Å². The molecule has 2 aromatic carbocycles. The average molecular weight is 612 g/mol. The summed E-state index contributed by atoms with van der Waals surface area (Å²) in [5.74, 6) is -1.60. The van der Waals surface area contributed by atoms with Crippen molar-refractivity contribution in [2.45, 2.75) is 50.2 Å². The van der Waals surface area contributed by atoms with Crippen LogP contribution in [0.1, 0.15) is 47.4 Å². The second kappa shape index (κ2) is 11.1. The van der Waals surface area contributed by atoms with Crippen molar-refractivity contribution in [1.29, 1.82) is 0 Å². The van der Waals surface area contributed by atoms with Gasteiger partial charge in [0, 0.05) is 25.9 Å². The minimum absolute atomic E-state index is 0.0520. The molecule has 0 unspecified atom stereocenters. The molecule has 0 aliphatic carbocycles. The quantitative estimate of drug-likeness (QED) is 0.297. The maximum absolute atomic E-state index is 13.9. The van der Waals surface area contributed by atoms with Gasteiger partial charge in [0.1, 0.15) is 17.2 Å². The van der Waals surface area contributed by atoms with Crippen LogP contribution < -0.4 is 4.74 Å². The number of pyridine rings is 1. The number of ether oxygens (including phenoxy) is 1. The number of benzene rings is 2. The van der Waals surface area contributed by atoms with Crippen LogP contribution in [0.2, 0.25) is 0 Å². The van der Waals surface area contributed by atoms with Gasteiger partial charge in [0.15, 0.2) is 10.6 Å². The van der Waals surface area contributed by atoms with Crippen LogP contribution in [-0.2, 0) is 28.4 Å². The number of rotatable bonds is 8. The Morgan fingerprint density at radius 2 is 2.00 bits per heavy atom. The molecular formula is C29H29F2N6O5S+. The van der Waals surface area contributed by atoms with E-state index < -0.39 is 28.5 Å². The fourth-order valence-electron chi connectivity index (χ4n) is 5.94. The number of hydrogen-bond donors (Lipinski definition) is 1. The zero-order valence-corrected chi connectivity index (χ0v) is 24.3. The van der Waals surface area contributed by atoms with E-state index in [2.05, 4.69) is 15.3 Å². The third kappa shape index (κ3) is 5.36. The number of sulfonamides is 1. The van der Waals surface area contributed by atoms with Crippen LogP contribution in [0.3, 0.4) is 0 Å². The molecule has 4 heterocycles. The summed E-state index contributed by atoms with van der Waals surface area (Å²) in [6, 6.07) is 11.6. The Hall–Kier alpha value is -4.30. The number of carboxylic acids is 1. The molecule has 4 aromatic rings. The first-order valence-corrected chi connectivity index (χ1v) is 15.1. The van der Waals surface area contributed by atoms with Crippen molar-refractivity contribution in [3.63, 3.8) is 0 Å². The van der Waals surface area contributed by atoms with Gasteiger partial charge in [-0.15, -0.1) is 5.10 Å². The molecule has 2 aliphatic rings. The number of alkyl halides is 2. The lowest BCUT2D eigenvalue weighted by atomic mass is 9.86. The van der Waals surface area contributed by atoms with E-state index in [1.807, 2.05) is 17.6 Å². The monoisotopic (exact) mass is 611 g/mol. The Morgan fingerprint density at radius 3 is 2.77 bits per heavy atom. The number of hydrogen-bond acceptors (Lipinski definition) is 7. The molecule has 0 radical (unpaired) electrons. The molecule has 0 amide bonds. The third-order valence-electron chi connectivity index (χ3n) is 8.02. The topological polar surface area (TPSA) is 131 Å². The molecule has 0 saturated heterocycles. The van der Waals surface area contributed by atoms with Gasteiger partial charge < -0.3 is 9.84 Å². The van der Waals surface area contributed by atoms with Crippen molar-refractivity contribution in [2.75, 3.05) is 13.1 Å². The lowest BCUT2D eigenvalue weighted by Gasteiger charge is -2.23. The lowest BCUT2D eigenvalue weighted by molar-refractivity contribution is -0.438. The molecule has 43 heavy (non-hydrogen) atoms. The highest BCUT2D eigenvalue weighted by atomic mass is 32.2. The summed E-state index contributed by atoms with van der Waals surface area (Å²) in [5.41, 5.74) is 4.00. The normalized spacial score (nSPS) is 17.1. The molecular weight excluding hydrogens is 582 g/mol. The van der Waals surface area contributed by atoms with Gasteiger partial charge in [-0.25, -0.2) is 17.7 Å². The first kappa shape index (κ1) is 28.8. The Balaban J connectivity index is 1.41. The largest absolute Gasteiger partial charge is 0.481 e. The summed E-state index contributed by atoms with van der Waals surface area (Å²) in [6.45, 7) is -0.293. The van der Waals surface area contributed by atoms with Crippen molar-refractivity contribution in [1.82, 2.24) is 24.3 Å². The van der Waals surface area contributed by atoms with E-state index in [0.717, 1.165) is 24.1 Å².